The Labute approximate surface area is 255 Å². The standard InChI is InChI=1S/C29H33NO15/c1-12(25(37)44-16(24(35)36)11-18(31)32)42-26(38)20(33)21(34)27(39)43-15-6-7-29(40)17-10-13-4-5-14(41-3)22-19(13)28(29,23(15)45-22)8-9-30(17)2/h4-6,12,16-17,20-21,23,33-34,40H,7-11H2,1-3H3,(H,31,32)(H,35,36)/t12-,16+,17-,20+,21+,23-,28-,29+/m0/s1. The summed E-state index contributed by atoms with van der Waals surface area (Å²) in [6.45, 7) is 1.54. The number of piperidine rings is 1. The van der Waals surface area contributed by atoms with Gasteiger partial charge in [0.25, 0.3) is 0 Å². The molecule has 2 heterocycles. The minimum absolute atomic E-state index is 0.0474. The average Bonchev–Trinajstić information content (AvgIpc) is 3.34. The number of aliphatic carboxylic acids is 2. The van der Waals surface area contributed by atoms with E-state index in [1.54, 1.807) is 6.07 Å². The molecule has 0 unspecified atom stereocenters. The number of esters is 3. The number of aliphatic hydroxyl groups excluding tert-OH is 2. The van der Waals surface area contributed by atoms with Crippen LogP contribution in [0.25, 0.3) is 0 Å². The van der Waals surface area contributed by atoms with E-state index in [-0.39, 0.29) is 18.2 Å². The van der Waals surface area contributed by atoms with Gasteiger partial charge in [0.05, 0.1) is 24.5 Å². The first-order chi connectivity index (χ1) is 21.2. The van der Waals surface area contributed by atoms with E-state index >= 15 is 0 Å². The van der Waals surface area contributed by atoms with E-state index in [0.29, 0.717) is 30.9 Å². The number of hydrogen-bond acceptors (Lipinski definition) is 14. The Hall–Kier alpha value is -4.25. The lowest BCUT2D eigenvalue weighted by Gasteiger charge is -2.61. The lowest BCUT2D eigenvalue weighted by atomic mass is 9.50. The third-order valence-electron chi connectivity index (χ3n) is 9.08. The predicted octanol–water partition coefficient (Wildman–Crippen LogP) is -1.36. The third-order valence-corrected chi connectivity index (χ3v) is 9.08. The van der Waals surface area contributed by atoms with Gasteiger partial charge in [0.15, 0.2) is 35.9 Å². The van der Waals surface area contributed by atoms with Gasteiger partial charge in [0.2, 0.25) is 6.10 Å². The summed E-state index contributed by atoms with van der Waals surface area (Å²) >= 11 is 0. The first-order valence-corrected chi connectivity index (χ1v) is 14.1. The van der Waals surface area contributed by atoms with E-state index in [0.717, 1.165) is 18.1 Å². The van der Waals surface area contributed by atoms with E-state index in [1.807, 2.05) is 13.1 Å². The molecule has 5 N–H and O–H groups in total. The van der Waals surface area contributed by atoms with Crippen molar-refractivity contribution < 1.29 is 73.2 Å². The monoisotopic (exact) mass is 635 g/mol. The fourth-order valence-electron chi connectivity index (χ4n) is 6.89. The Morgan fingerprint density at radius 2 is 1.76 bits per heavy atom. The molecule has 45 heavy (non-hydrogen) atoms. The van der Waals surface area contributed by atoms with Gasteiger partial charge in [-0.2, -0.15) is 0 Å². The smallest absolute Gasteiger partial charge is 0.348 e. The second-order valence-corrected chi connectivity index (χ2v) is 11.5. The topological polar surface area (TPSA) is 236 Å². The Kier molecular flexibility index (Phi) is 8.28. The highest BCUT2D eigenvalue weighted by Gasteiger charge is 2.72. The third kappa shape index (κ3) is 5.07. The highest BCUT2D eigenvalue weighted by molar-refractivity contribution is 5.88. The van der Waals surface area contributed by atoms with E-state index in [1.165, 1.54) is 13.2 Å². The SMILES string of the molecule is COc1ccc2c3c1O[C@H]1C(OC(=O)[C@H](O)[C@@H](O)C(=O)O[C@@H](C)C(=O)O[C@H](CC(=O)O)C(=O)O)=CC[C@@]4(O)[C@H](C2)N(C)CC[C@]314. The summed E-state index contributed by atoms with van der Waals surface area (Å²) < 4.78 is 26.6. The summed E-state index contributed by atoms with van der Waals surface area (Å²) in [5.41, 5.74) is -0.620. The number of carbonyl (C=O) groups excluding carboxylic acids is 3. The van der Waals surface area contributed by atoms with Crippen molar-refractivity contribution in [2.45, 2.75) is 80.2 Å². The largest absolute Gasteiger partial charge is 0.493 e. The average molecular weight is 636 g/mol. The van der Waals surface area contributed by atoms with Gasteiger partial charge < -0.3 is 54.1 Å². The molecule has 1 aromatic rings. The van der Waals surface area contributed by atoms with Crippen molar-refractivity contribution >= 4 is 29.8 Å². The number of rotatable bonds is 11. The van der Waals surface area contributed by atoms with Gasteiger partial charge in [0.1, 0.15) is 5.76 Å². The Balaban J connectivity index is 1.31. The molecule has 1 saturated heterocycles. The molecular formula is C29H33NO15. The quantitative estimate of drug-likeness (QED) is 0.139. The zero-order chi connectivity index (χ0) is 33.0. The van der Waals surface area contributed by atoms with Crippen LogP contribution in [0.4, 0.5) is 0 Å². The van der Waals surface area contributed by atoms with Crippen LogP contribution in [0.1, 0.15) is 37.3 Å². The molecule has 0 saturated carbocycles. The van der Waals surface area contributed by atoms with Crippen LogP contribution in [-0.2, 0) is 50.0 Å². The maximum Gasteiger partial charge on any atom is 0.348 e. The Morgan fingerprint density at radius 3 is 2.40 bits per heavy atom. The van der Waals surface area contributed by atoms with Gasteiger partial charge in [-0.3, -0.25) is 4.79 Å². The number of likely N-dealkylation sites (N-methyl/N-ethyl adjacent to an activating group) is 1. The molecule has 16 nitrogen and oxygen atoms in total. The summed E-state index contributed by atoms with van der Waals surface area (Å²) in [5, 5.41) is 50.9. The van der Waals surface area contributed by atoms with Crippen LogP contribution in [0.2, 0.25) is 0 Å². The number of benzene rings is 1. The molecule has 244 valence electrons. The van der Waals surface area contributed by atoms with Gasteiger partial charge in [-0.1, -0.05) is 6.07 Å². The van der Waals surface area contributed by atoms with Gasteiger partial charge in [-0.15, -0.1) is 0 Å². The molecule has 5 rings (SSSR count). The zero-order valence-corrected chi connectivity index (χ0v) is 24.5. The number of carboxylic acid groups (broad SMARTS) is 2. The van der Waals surface area contributed by atoms with Gasteiger partial charge in [-0.25, -0.2) is 19.2 Å². The van der Waals surface area contributed by atoms with E-state index in [9.17, 15) is 39.3 Å². The molecule has 4 aliphatic rings. The molecule has 1 aromatic carbocycles. The fraction of sp³-hybridized carbons (Fsp3) is 0.552. The molecule has 0 radical (unpaired) electrons. The molecule has 0 amide bonds. The molecule has 2 bridgehead atoms. The minimum atomic E-state index is -2.54. The lowest BCUT2D eigenvalue weighted by molar-refractivity contribution is -0.186. The summed E-state index contributed by atoms with van der Waals surface area (Å²) in [4.78, 5) is 61.6. The summed E-state index contributed by atoms with van der Waals surface area (Å²) in [6, 6.07) is 3.40. The summed E-state index contributed by atoms with van der Waals surface area (Å²) in [5.74, 6) is -7.10. The zero-order valence-electron chi connectivity index (χ0n) is 24.5. The number of nitrogens with zero attached hydrogens (tertiary/aromatic N) is 1. The van der Waals surface area contributed by atoms with Crippen LogP contribution in [0, 0.1) is 0 Å². The van der Waals surface area contributed by atoms with Crippen molar-refractivity contribution in [2.75, 3.05) is 20.7 Å². The first kappa shape index (κ1) is 32.2. The summed E-state index contributed by atoms with van der Waals surface area (Å²) in [7, 11) is 3.40. The normalized spacial score (nSPS) is 28.6. The Morgan fingerprint density at radius 1 is 1.07 bits per heavy atom. The van der Waals surface area contributed by atoms with Crippen LogP contribution in [-0.4, -0.2) is 123 Å². The van der Waals surface area contributed by atoms with E-state index in [4.69, 9.17) is 29.2 Å². The number of hydrogen-bond donors (Lipinski definition) is 5. The second kappa shape index (κ2) is 11.6. The highest BCUT2D eigenvalue weighted by Crippen LogP contribution is 2.65. The number of aliphatic hydroxyl groups is 3. The van der Waals surface area contributed by atoms with Crippen molar-refractivity contribution in [3.05, 3.63) is 35.1 Å². The van der Waals surface area contributed by atoms with Crippen molar-refractivity contribution in [3.8, 4) is 11.5 Å². The summed E-state index contributed by atoms with van der Waals surface area (Å²) in [6.07, 6.45) is -8.51. The van der Waals surface area contributed by atoms with Crippen LogP contribution in [0.5, 0.6) is 11.5 Å². The first-order valence-electron chi connectivity index (χ1n) is 14.1. The lowest BCUT2D eigenvalue weighted by Crippen LogP contribution is -2.74. The molecule has 2 aliphatic heterocycles. The maximum atomic E-state index is 13.0. The van der Waals surface area contributed by atoms with E-state index < -0.39 is 77.8 Å². The number of ether oxygens (including phenoxy) is 5. The van der Waals surface area contributed by atoms with Crippen molar-refractivity contribution in [3.63, 3.8) is 0 Å². The number of carboxylic acids is 2. The van der Waals surface area contributed by atoms with E-state index in [2.05, 4.69) is 9.64 Å². The van der Waals surface area contributed by atoms with Crippen molar-refractivity contribution in [1.82, 2.24) is 4.90 Å². The van der Waals surface area contributed by atoms with Crippen LogP contribution < -0.4 is 9.47 Å². The highest BCUT2D eigenvalue weighted by atomic mass is 16.6. The van der Waals surface area contributed by atoms with Crippen LogP contribution >= 0.6 is 0 Å². The van der Waals surface area contributed by atoms with Gasteiger partial charge >= 0.3 is 29.8 Å². The van der Waals surface area contributed by atoms with Gasteiger partial charge in [0, 0.05) is 18.0 Å². The van der Waals surface area contributed by atoms with Crippen LogP contribution in [0.15, 0.2) is 24.0 Å². The Bertz CT molecular complexity index is 1470. The van der Waals surface area contributed by atoms with Crippen LogP contribution in [0.3, 0.4) is 0 Å². The molecule has 2 aliphatic carbocycles. The molecule has 16 heteroatoms. The predicted molar refractivity (Wildman–Crippen MR) is 145 cm³/mol. The number of carbonyl (C=O) groups is 5. The maximum absolute atomic E-state index is 13.0. The second-order valence-electron chi connectivity index (χ2n) is 11.5. The molecule has 0 aromatic heterocycles. The molecule has 1 spiro atoms. The molecular weight excluding hydrogens is 602 g/mol. The molecule has 8 atom stereocenters. The fourth-order valence-corrected chi connectivity index (χ4v) is 6.89. The van der Waals surface area contributed by atoms with Gasteiger partial charge in [-0.05, 0) is 51.1 Å². The number of likely N-dealkylation sites (tertiary alicyclic amines) is 1. The van der Waals surface area contributed by atoms with Crippen molar-refractivity contribution in [1.29, 1.82) is 0 Å². The minimum Gasteiger partial charge on any atom is -0.493 e. The molecule has 1 fully saturated rings. The van der Waals surface area contributed by atoms with Crippen molar-refractivity contribution in [2.24, 2.45) is 0 Å². The number of methoxy groups -OCH3 is 1.